The number of nitro groups is 1. The van der Waals surface area contributed by atoms with Crippen molar-refractivity contribution in [2.45, 2.75) is 25.3 Å². The first-order chi connectivity index (χ1) is 8.99. The zero-order valence-electron chi connectivity index (χ0n) is 10.1. The molecule has 1 saturated carbocycles. The molecule has 1 amide bonds. The molecule has 0 spiro atoms. The van der Waals surface area contributed by atoms with E-state index >= 15 is 0 Å². The average Bonchev–Trinajstić information content (AvgIpc) is 2.75. The predicted molar refractivity (Wildman–Crippen MR) is 72.1 cm³/mol. The quantitative estimate of drug-likeness (QED) is 0.657. The van der Waals surface area contributed by atoms with Gasteiger partial charge in [-0.25, -0.2) is 0 Å². The summed E-state index contributed by atoms with van der Waals surface area (Å²) in [5.41, 5.74) is 5.78. The normalized spacial score (nSPS) is 22.2. The Morgan fingerprint density at radius 3 is 2.79 bits per heavy atom. The van der Waals surface area contributed by atoms with Gasteiger partial charge in [0.15, 0.2) is 0 Å². The highest BCUT2D eigenvalue weighted by Crippen LogP contribution is 2.30. The molecule has 102 valence electrons. The van der Waals surface area contributed by atoms with E-state index in [1.54, 1.807) is 0 Å². The van der Waals surface area contributed by atoms with Gasteiger partial charge < -0.3 is 11.1 Å². The van der Waals surface area contributed by atoms with Crippen LogP contribution < -0.4 is 11.1 Å². The number of rotatable bonds is 3. The number of hydrogen-bond acceptors (Lipinski definition) is 4. The zero-order chi connectivity index (χ0) is 14.0. The molecule has 7 heteroatoms. The van der Waals surface area contributed by atoms with Crippen LogP contribution >= 0.6 is 11.6 Å². The number of amides is 1. The molecule has 1 aliphatic rings. The molecule has 19 heavy (non-hydrogen) atoms. The van der Waals surface area contributed by atoms with Crippen LogP contribution in [0, 0.1) is 16.0 Å². The predicted octanol–water partition coefficient (Wildman–Crippen LogP) is 2.31. The topological polar surface area (TPSA) is 98.3 Å². The summed E-state index contributed by atoms with van der Waals surface area (Å²) in [7, 11) is 0. The Bertz CT molecular complexity index is 521. The van der Waals surface area contributed by atoms with Gasteiger partial charge in [0.25, 0.3) is 5.69 Å². The monoisotopic (exact) mass is 283 g/mol. The van der Waals surface area contributed by atoms with Crippen LogP contribution in [0.4, 0.5) is 11.4 Å². The first kappa shape index (κ1) is 13.8. The number of carbonyl (C=O) groups is 1. The number of nitrogens with zero attached hydrogens (tertiary/aromatic N) is 1. The fourth-order valence-electron chi connectivity index (χ4n) is 2.31. The third kappa shape index (κ3) is 3.02. The molecule has 0 heterocycles. The molecule has 1 aliphatic carbocycles. The van der Waals surface area contributed by atoms with E-state index < -0.39 is 4.92 Å². The van der Waals surface area contributed by atoms with Crippen LogP contribution in [0.25, 0.3) is 0 Å². The van der Waals surface area contributed by atoms with Gasteiger partial charge in [0.2, 0.25) is 5.91 Å². The van der Waals surface area contributed by atoms with Crippen molar-refractivity contribution in [2.75, 3.05) is 5.32 Å². The molecule has 1 fully saturated rings. The van der Waals surface area contributed by atoms with Crippen LogP contribution in [0.1, 0.15) is 19.3 Å². The van der Waals surface area contributed by atoms with Crippen LogP contribution in [0.3, 0.4) is 0 Å². The second-order valence-corrected chi connectivity index (χ2v) is 5.05. The summed E-state index contributed by atoms with van der Waals surface area (Å²) < 4.78 is 0. The number of carbonyl (C=O) groups excluding carboxylic acids is 1. The molecule has 1 aromatic carbocycles. The molecule has 2 atom stereocenters. The number of anilines is 1. The fourth-order valence-corrected chi connectivity index (χ4v) is 2.48. The van der Waals surface area contributed by atoms with Crippen LogP contribution in [-0.4, -0.2) is 16.9 Å². The first-order valence-corrected chi connectivity index (χ1v) is 6.37. The largest absolute Gasteiger partial charge is 0.327 e. The van der Waals surface area contributed by atoms with Gasteiger partial charge >= 0.3 is 0 Å². The Balaban J connectivity index is 2.20. The molecule has 0 aromatic heterocycles. The molecule has 0 aliphatic heterocycles. The molecular weight excluding hydrogens is 270 g/mol. The number of nitro benzene ring substituents is 1. The fraction of sp³-hybridized carbons (Fsp3) is 0.417. The van der Waals surface area contributed by atoms with Gasteiger partial charge in [-0.05, 0) is 25.0 Å². The summed E-state index contributed by atoms with van der Waals surface area (Å²) in [6.07, 6.45) is 2.41. The smallest absolute Gasteiger partial charge is 0.292 e. The van der Waals surface area contributed by atoms with Crippen LogP contribution in [0.5, 0.6) is 0 Å². The van der Waals surface area contributed by atoms with Crippen molar-refractivity contribution >= 4 is 28.9 Å². The Morgan fingerprint density at radius 1 is 1.47 bits per heavy atom. The van der Waals surface area contributed by atoms with E-state index in [0.717, 1.165) is 12.8 Å². The van der Waals surface area contributed by atoms with Gasteiger partial charge in [0.1, 0.15) is 5.69 Å². The van der Waals surface area contributed by atoms with Gasteiger partial charge in [0.05, 0.1) is 10.8 Å². The minimum atomic E-state index is -0.555. The van der Waals surface area contributed by atoms with Crippen LogP contribution in [0.2, 0.25) is 5.02 Å². The zero-order valence-corrected chi connectivity index (χ0v) is 10.9. The lowest BCUT2D eigenvalue weighted by Gasteiger charge is -2.15. The second kappa shape index (κ2) is 5.54. The minimum Gasteiger partial charge on any atom is -0.327 e. The van der Waals surface area contributed by atoms with Crippen LogP contribution in [0.15, 0.2) is 18.2 Å². The average molecular weight is 284 g/mol. The van der Waals surface area contributed by atoms with Crippen molar-refractivity contribution < 1.29 is 9.72 Å². The molecule has 3 N–H and O–H groups in total. The summed E-state index contributed by atoms with van der Waals surface area (Å²) >= 11 is 5.79. The van der Waals surface area contributed by atoms with Gasteiger partial charge in [-0.3, -0.25) is 14.9 Å². The standard InChI is InChI=1S/C12H14ClN3O3/c13-7-4-5-11(16(18)19)10(6-7)15-12(17)8-2-1-3-9(8)14/h4-6,8-9H,1-3,14H2,(H,15,17). The van der Waals surface area contributed by atoms with Crippen molar-refractivity contribution in [2.24, 2.45) is 11.7 Å². The summed E-state index contributed by atoms with van der Waals surface area (Å²) in [6.45, 7) is 0. The molecule has 2 unspecified atom stereocenters. The minimum absolute atomic E-state index is 0.113. The van der Waals surface area contributed by atoms with Gasteiger partial charge in [-0.1, -0.05) is 18.0 Å². The van der Waals surface area contributed by atoms with Crippen molar-refractivity contribution in [1.82, 2.24) is 0 Å². The van der Waals surface area contributed by atoms with Gasteiger partial charge in [0, 0.05) is 17.1 Å². The lowest BCUT2D eigenvalue weighted by Crippen LogP contribution is -2.34. The highest BCUT2D eigenvalue weighted by Gasteiger charge is 2.31. The van der Waals surface area contributed by atoms with Crippen molar-refractivity contribution in [3.8, 4) is 0 Å². The maximum absolute atomic E-state index is 12.1. The van der Waals surface area contributed by atoms with Gasteiger partial charge in [-0.15, -0.1) is 0 Å². The van der Waals surface area contributed by atoms with Crippen molar-refractivity contribution in [1.29, 1.82) is 0 Å². The molecule has 2 rings (SSSR count). The van der Waals surface area contributed by atoms with Crippen molar-refractivity contribution in [3.63, 3.8) is 0 Å². The highest BCUT2D eigenvalue weighted by molar-refractivity contribution is 6.31. The van der Waals surface area contributed by atoms with E-state index in [4.69, 9.17) is 17.3 Å². The van der Waals surface area contributed by atoms with Crippen molar-refractivity contribution in [3.05, 3.63) is 33.3 Å². The van der Waals surface area contributed by atoms with Gasteiger partial charge in [-0.2, -0.15) is 0 Å². The number of hydrogen-bond donors (Lipinski definition) is 2. The molecule has 1 aromatic rings. The molecule has 0 radical (unpaired) electrons. The number of benzene rings is 1. The number of nitrogens with one attached hydrogen (secondary N) is 1. The SMILES string of the molecule is NC1CCCC1C(=O)Nc1cc(Cl)ccc1[N+](=O)[O-]. The summed E-state index contributed by atoms with van der Waals surface area (Å²) in [6, 6.07) is 3.87. The van der Waals surface area contributed by atoms with E-state index in [1.165, 1.54) is 18.2 Å². The maximum atomic E-state index is 12.1. The first-order valence-electron chi connectivity index (χ1n) is 5.99. The molecule has 0 saturated heterocycles. The number of nitrogens with two attached hydrogens (primary N) is 1. The van der Waals surface area contributed by atoms with E-state index in [2.05, 4.69) is 5.32 Å². The second-order valence-electron chi connectivity index (χ2n) is 4.61. The third-order valence-electron chi connectivity index (χ3n) is 3.32. The summed E-state index contributed by atoms with van der Waals surface area (Å²) in [5, 5.41) is 13.8. The Hall–Kier alpha value is -1.66. The third-order valence-corrected chi connectivity index (χ3v) is 3.55. The van der Waals surface area contributed by atoms with Crippen LogP contribution in [-0.2, 0) is 4.79 Å². The van der Waals surface area contributed by atoms with E-state index in [0.29, 0.717) is 11.4 Å². The van der Waals surface area contributed by atoms with E-state index in [9.17, 15) is 14.9 Å². The lowest BCUT2D eigenvalue weighted by atomic mass is 10.0. The van der Waals surface area contributed by atoms with E-state index in [-0.39, 0.29) is 29.2 Å². The molecular formula is C12H14ClN3O3. The maximum Gasteiger partial charge on any atom is 0.292 e. The Morgan fingerprint density at radius 2 is 2.21 bits per heavy atom. The summed E-state index contributed by atoms with van der Waals surface area (Å²) in [5.74, 6) is -0.575. The molecule has 0 bridgehead atoms. The molecule has 6 nitrogen and oxygen atoms in total. The summed E-state index contributed by atoms with van der Waals surface area (Å²) in [4.78, 5) is 22.4. The highest BCUT2D eigenvalue weighted by atomic mass is 35.5. The lowest BCUT2D eigenvalue weighted by molar-refractivity contribution is -0.383. The Labute approximate surface area is 115 Å². The van der Waals surface area contributed by atoms with E-state index in [1.807, 2.05) is 0 Å². The Kier molecular flexibility index (Phi) is 4.01. The number of halogens is 1.